The molecule has 0 aliphatic carbocycles. The third-order valence-electron chi connectivity index (χ3n) is 3.41. The van der Waals surface area contributed by atoms with Crippen molar-refractivity contribution < 1.29 is 9.59 Å². The molecule has 2 heterocycles. The number of benzene rings is 1. The van der Waals surface area contributed by atoms with Crippen LogP contribution < -0.4 is 10.6 Å². The van der Waals surface area contributed by atoms with E-state index in [-0.39, 0.29) is 6.54 Å². The van der Waals surface area contributed by atoms with Gasteiger partial charge in [-0.2, -0.15) is 5.10 Å². The first-order valence-electron chi connectivity index (χ1n) is 7.60. The zero-order valence-electron chi connectivity index (χ0n) is 13.3. The lowest BCUT2D eigenvalue weighted by Gasteiger charge is -2.07. The smallest absolute Gasteiger partial charge is 0.313 e. The van der Waals surface area contributed by atoms with Crippen molar-refractivity contribution in [2.75, 3.05) is 5.32 Å². The number of carbonyl (C=O) groups is 2. The van der Waals surface area contributed by atoms with Crippen LogP contribution in [0.25, 0.3) is 0 Å². The average molecular weight is 336 g/mol. The highest BCUT2D eigenvalue weighted by atomic mass is 16.2. The summed E-state index contributed by atoms with van der Waals surface area (Å²) in [4.78, 5) is 31.6. The van der Waals surface area contributed by atoms with E-state index in [2.05, 4.69) is 25.7 Å². The number of hydrogen-bond donors (Lipinski definition) is 2. The topological polar surface area (TPSA) is 102 Å². The molecule has 0 aliphatic rings. The highest BCUT2D eigenvalue weighted by Gasteiger charge is 2.13. The van der Waals surface area contributed by atoms with Crippen LogP contribution in [0.15, 0.2) is 61.4 Å². The van der Waals surface area contributed by atoms with Crippen LogP contribution in [-0.4, -0.2) is 31.6 Å². The number of aromatic nitrogens is 4. The Balaban J connectivity index is 1.51. The van der Waals surface area contributed by atoms with E-state index in [1.54, 1.807) is 41.6 Å². The van der Waals surface area contributed by atoms with Gasteiger partial charge >= 0.3 is 11.8 Å². The molecule has 0 aliphatic heterocycles. The Morgan fingerprint density at radius 3 is 2.52 bits per heavy atom. The van der Waals surface area contributed by atoms with Crippen molar-refractivity contribution in [3.8, 4) is 0 Å². The Morgan fingerprint density at radius 2 is 1.84 bits per heavy atom. The Hall–Kier alpha value is -3.55. The molecule has 25 heavy (non-hydrogen) atoms. The summed E-state index contributed by atoms with van der Waals surface area (Å²) >= 11 is 0. The molecule has 2 N–H and O–H groups in total. The minimum absolute atomic E-state index is 0.247. The zero-order chi connectivity index (χ0) is 17.5. The molecule has 8 nitrogen and oxygen atoms in total. The maximum atomic E-state index is 11.9. The number of amides is 2. The molecule has 0 radical (unpaired) electrons. The van der Waals surface area contributed by atoms with Crippen LogP contribution in [0.4, 0.5) is 5.69 Å². The van der Waals surface area contributed by atoms with E-state index in [1.807, 2.05) is 18.2 Å². The summed E-state index contributed by atoms with van der Waals surface area (Å²) in [6.45, 7) is 0.830. The lowest BCUT2D eigenvalue weighted by Crippen LogP contribution is -2.34. The maximum Gasteiger partial charge on any atom is 0.313 e. The fourth-order valence-corrected chi connectivity index (χ4v) is 2.15. The summed E-state index contributed by atoms with van der Waals surface area (Å²) < 4.78 is 1.69. The molecule has 0 bridgehead atoms. The van der Waals surface area contributed by atoms with E-state index >= 15 is 0 Å². The number of anilines is 1. The summed E-state index contributed by atoms with van der Waals surface area (Å²) in [7, 11) is 0. The molecule has 0 fully saturated rings. The summed E-state index contributed by atoms with van der Waals surface area (Å²) in [5.74, 6) is -1.41. The lowest BCUT2D eigenvalue weighted by molar-refractivity contribution is -0.136. The highest BCUT2D eigenvalue weighted by molar-refractivity contribution is 6.39. The van der Waals surface area contributed by atoms with E-state index in [4.69, 9.17) is 0 Å². The number of pyridine rings is 1. The second-order valence-electron chi connectivity index (χ2n) is 5.29. The van der Waals surface area contributed by atoms with Crippen molar-refractivity contribution in [2.24, 2.45) is 0 Å². The fourth-order valence-electron chi connectivity index (χ4n) is 2.15. The Morgan fingerprint density at radius 1 is 1.00 bits per heavy atom. The lowest BCUT2D eigenvalue weighted by atomic mass is 10.2. The van der Waals surface area contributed by atoms with Gasteiger partial charge in [-0.15, -0.1) is 0 Å². The van der Waals surface area contributed by atoms with Gasteiger partial charge in [0.1, 0.15) is 12.7 Å². The quantitative estimate of drug-likeness (QED) is 0.676. The molecule has 2 amide bonds. The Bertz CT molecular complexity index is 831. The van der Waals surface area contributed by atoms with Crippen LogP contribution in [-0.2, 0) is 22.7 Å². The molecule has 8 heteroatoms. The van der Waals surface area contributed by atoms with Crippen molar-refractivity contribution in [3.05, 3.63) is 72.6 Å². The van der Waals surface area contributed by atoms with Crippen LogP contribution in [0.1, 0.15) is 11.1 Å². The van der Waals surface area contributed by atoms with E-state index in [0.29, 0.717) is 12.2 Å². The van der Waals surface area contributed by atoms with Crippen molar-refractivity contribution in [1.82, 2.24) is 25.1 Å². The molecular weight excluding hydrogens is 320 g/mol. The Labute approximate surface area is 143 Å². The summed E-state index contributed by atoms with van der Waals surface area (Å²) in [6, 6.07) is 10.8. The second-order valence-corrected chi connectivity index (χ2v) is 5.29. The number of hydrogen-bond acceptors (Lipinski definition) is 5. The minimum Gasteiger partial charge on any atom is -0.344 e. The first-order valence-corrected chi connectivity index (χ1v) is 7.60. The molecule has 1 aromatic carbocycles. The van der Waals surface area contributed by atoms with E-state index in [0.717, 1.165) is 11.1 Å². The molecule has 0 atom stereocenters. The number of nitrogens with zero attached hydrogens (tertiary/aromatic N) is 4. The average Bonchev–Trinajstić information content (AvgIpc) is 3.15. The van der Waals surface area contributed by atoms with Gasteiger partial charge < -0.3 is 10.6 Å². The fraction of sp³-hybridized carbons (Fsp3) is 0.118. The molecule has 126 valence electrons. The standard InChI is InChI=1S/C17H16N6O2/c24-16(20-9-14-2-1-7-18-8-14)17(25)22-15-5-3-13(4-6-15)10-23-12-19-11-21-23/h1-8,11-12H,9-10H2,(H,20,24)(H,22,25). The van der Waals surface area contributed by atoms with Crippen molar-refractivity contribution >= 4 is 17.5 Å². The van der Waals surface area contributed by atoms with Crippen LogP contribution in [0.5, 0.6) is 0 Å². The summed E-state index contributed by atoms with van der Waals surface area (Å²) in [5.41, 5.74) is 2.37. The first kappa shape index (κ1) is 16.3. The predicted octanol–water partition coefficient (Wildman–Crippen LogP) is 0.976. The van der Waals surface area contributed by atoms with Gasteiger partial charge in [0.05, 0.1) is 6.54 Å². The van der Waals surface area contributed by atoms with Crippen molar-refractivity contribution in [3.63, 3.8) is 0 Å². The van der Waals surface area contributed by atoms with Crippen LogP contribution in [0, 0.1) is 0 Å². The minimum atomic E-state index is -0.715. The van der Waals surface area contributed by atoms with Gasteiger partial charge in [0.15, 0.2) is 0 Å². The summed E-state index contributed by atoms with van der Waals surface area (Å²) in [5, 5.41) is 9.14. The molecule has 0 saturated carbocycles. The van der Waals surface area contributed by atoms with Crippen LogP contribution in [0.2, 0.25) is 0 Å². The normalized spacial score (nSPS) is 10.2. The second kappa shape index (κ2) is 7.82. The number of carbonyl (C=O) groups excluding carboxylic acids is 2. The van der Waals surface area contributed by atoms with Gasteiger partial charge in [-0.1, -0.05) is 18.2 Å². The first-order chi connectivity index (χ1) is 12.2. The molecule has 0 saturated heterocycles. The van der Waals surface area contributed by atoms with E-state index < -0.39 is 11.8 Å². The van der Waals surface area contributed by atoms with Crippen molar-refractivity contribution in [1.29, 1.82) is 0 Å². The van der Waals surface area contributed by atoms with Gasteiger partial charge in [-0.3, -0.25) is 14.6 Å². The Kier molecular flexibility index (Phi) is 5.10. The largest absolute Gasteiger partial charge is 0.344 e. The van der Waals surface area contributed by atoms with Gasteiger partial charge in [-0.05, 0) is 29.3 Å². The van der Waals surface area contributed by atoms with Gasteiger partial charge in [0.25, 0.3) is 0 Å². The van der Waals surface area contributed by atoms with Gasteiger partial charge in [0, 0.05) is 24.6 Å². The monoisotopic (exact) mass is 336 g/mol. The highest BCUT2D eigenvalue weighted by Crippen LogP contribution is 2.10. The van der Waals surface area contributed by atoms with Crippen LogP contribution in [0.3, 0.4) is 0 Å². The third kappa shape index (κ3) is 4.71. The molecule has 0 spiro atoms. The predicted molar refractivity (Wildman–Crippen MR) is 90.3 cm³/mol. The maximum absolute atomic E-state index is 11.9. The van der Waals surface area contributed by atoms with Gasteiger partial charge in [-0.25, -0.2) is 9.67 Å². The molecule has 3 aromatic rings. The molecule has 0 unspecified atom stereocenters. The van der Waals surface area contributed by atoms with E-state index in [9.17, 15) is 9.59 Å². The molecular formula is C17H16N6O2. The number of nitrogens with one attached hydrogen (secondary N) is 2. The third-order valence-corrected chi connectivity index (χ3v) is 3.41. The van der Waals surface area contributed by atoms with Crippen LogP contribution >= 0.6 is 0 Å². The van der Waals surface area contributed by atoms with E-state index in [1.165, 1.54) is 6.33 Å². The SMILES string of the molecule is O=C(NCc1cccnc1)C(=O)Nc1ccc(Cn2cncn2)cc1. The number of rotatable bonds is 5. The van der Waals surface area contributed by atoms with Crippen molar-refractivity contribution in [2.45, 2.75) is 13.1 Å². The zero-order valence-corrected chi connectivity index (χ0v) is 13.3. The van der Waals surface area contributed by atoms with Gasteiger partial charge in [0.2, 0.25) is 0 Å². The molecule has 3 rings (SSSR count). The summed E-state index contributed by atoms with van der Waals surface area (Å²) in [6.07, 6.45) is 6.37. The molecule has 2 aromatic heterocycles.